The van der Waals surface area contributed by atoms with Crippen molar-refractivity contribution in [3.63, 3.8) is 0 Å². The fourth-order valence-electron chi connectivity index (χ4n) is 2.02. The van der Waals surface area contributed by atoms with E-state index in [1.807, 2.05) is 0 Å². The second-order valence-electron chi connectivity index (χ2n) is 4.41. The summed E-state index contributed by atoms with van der Waals surface area (Å²) in [6, 6.07) is 7.15. The number of carbonyl (C=O) groups is 1. The first-order chi connectivity index (χ1) is 9.90. The van der Waals surface area contributed by atoms with E-state index in [4.69, 9.17) is 4.74 Å². The van der Waals surface area contributed by atoms with Gasteiger partial charge in [-0.25, -0.2) is 4.98 Å². The van der Waals surface area contributed by atoms with Gasteiger partial charge in [0.05, 0.1) is 6.42 Å². The van der Waals surface area contributed by atoms with Crippen LogP contribution in [0.5, 0.6) is 11.6 Å². The van der Waals surface area contributed by atoms with Crippen LogP contribution in [-0.4, -0.2) is 17.3 Å². The highest BCUT2D eigenvalue weighted by Crippen LogP contribution is 2.30. The van der Waals surface area contributed by atoms with Crippen LogP contribution >= 0.6 is 0 Å². The van der Waals surface area contributed by atoms with Crippen molar-refractivity contribution in [2.24, 2.45) is 0 Å². The molecule has 0 saturated carbocycles. The summed E-state index contributed by atoms with van der Waals surface area (Å²) in [5.41, 5.74) is 2.01. The Hall–Kier alpha value is -2.57. The number of benzene rings is 1. The molecule has 0 fully saturated rings. The van der Waals surface area contributed by atoms with E-state index in [0.717, 1.165) is 0 Å². The van der Waals surface area contributed by atoms with E-state index in [9.17, 15) is 18.0 Å². The second kappa shape index (κ2) is 4.76. The first-order valence-electron chi connectivity index (χ1n) is 5.96. The predicted molar refractivity (Wildman–Crippen MR) is 65.7 cm³/mol. The number of nitrogens with zero attached hydrogens (tertiary/aromatic N) is 1. The molecule has 0 spiro atoms. The molecule has 2 aromatic rings. The average molecular weight is 295 g/mol. The van der Waals surface area contributed by atoms with Crippen molar-refractivity contribution in [3.8, 4) is 22.8 Å². The first-order valence-corrected chi connectivity index (χ1v) is 5.96. The molecule has 0 aliphatic carbocycles. The molecule has 0 amide bonds. The molecule has 1 aliphatic heterocycles. The van der Waals surface area contributed by atoms with Crippen LogP contribution in [0.4, 0.5) is 13.2 Å². The maximum absolute atomic E-state index is 12.1. The number of hydrogen-bond acceptors (Lipinski definition) is 4. The number of ether oxygens (including phenoxy) is 2. The summed E-state index contributed by atoms with van der Waals surface area (Å²) in [4.78, 5) is 15.2. The molecule has 7 heteroatoms. The van der Waals surface area contributed by atoms with Gasteiger partial charge in [0, 0.05) is 17.3 Å². The minimum absolute atomic E-state index is 0.144. The molecule has 4 nitrogen and oxygen atoms in total. The average Bonchev–Trinajstić information content (AvgIpc) is 2.76. The summed E-state index contributed by atoms with van der Waals surface area (Å²) in [6.45, 7) is 0. The van der Waals surface area contributed by atoms with Gasteiger partial charge in [0.15, 0.2) is 0 Å². The zero-order chi connectivity index (χ0) is 15.0. The van der Waals surface area contributed by atoms with Crippen LogP contribution in [0.2, 0.25) is 0 Å². The molecule has 2 heterocycles. The van der Waals surface area contributed by atoms with Crippen LogP contribution < -0.4 is 9.47 Å². The number of rotatable bonds is 2. The van der Waals surface area contributed by atoms with Gasteiger partial charge in [0.1, 0.15) is 5.75 Å². The quantitative estimate of drug-likeness (QED) is 0.799. The predicted octanol–water partition coefficient (Wildman–Crippen LogP) is 3.11. The molecule has 0 unspecified atom stereocenters. The molecule has 1 aromatic carbocycles. The fraction of sp³-hybridized carbons (Fsp3) is 0.143. The van der Waals surface area contributed by atoms with Crippen LogP contribution in [0, 0.1) is 0 Å². The Bertz CT molecular complexity index is 696. The van der Waals surface area contributed by atoms with Crippen LogP contribution in [0.1, 0.15) is 5.56 Å². The number of carbonyl (C=O) groups excluding carboxylic acids is 1. The van der Waals surface area contributed by atoms with Crippen molar-refractivity contribution >= 4 is 5.97 Å². The van der Waals surface area contributed by atoms with E-state index in [-0.39, 0.29) is 24.0 Å². The summed E-state index contributed by atoms with van der Waals surface area (Å²) in [5, 5.41) is 0. The molecule has 0 radical (unpaired) electrons. The highest BCUT2D eigenvalue weighted by Gasteiger charge is 2.31. The van der Waals surface area contributed by atoms with Gasteiger partial charge in [-0.3, -0.25) is 4.79 Å². The Morgan fingerprint density at radius 1 is 1.14 bits per heavy atom. The monoisotopic (exact) mass is 295 g/mol. The van der Waals surface area contributed by atoms with Gasteiger partial charge in [-0.05, 0) is 23.8 Å². The van der Waals surface area contributed by atoms with E-state index in [1.54, 1.807) is 6.07 Å². The third-order valence-electron chi connectivity index (χ3n) is 2.89. The maximum Gasteiger partial charge on any atom is 0.573 e. The number of fused-ring (bicyclic) bond motifs is 1. The first kappa shape index (κ1) is 13.4. The molecular weight excluding hydrogens is 287 g/mol. The summed E-state index contributed by atoms with van der Waals surface area (Å²) in [6.07, 6.45) is -3.07. The van der Waals surface area contributed by atoms with Gasteiger partial charge >= 0.3 is 12.3 Å². The molecule has 0 bridgehead atoms. The highest BCUT2D eigenvalue weighted by molar-refractivity contribution is 5.81. The van der Waals surface area contributed by atoms with Crippen molar-refractivity contribution in [3.05, 3.63) is 42.1 Å². The summed E-state index contributed by atoms with van der Waals surface area (Å²) < 4.78 is 44.9. The standard InChI is InChI=1S/C14H8F3NO3/c15-14(16,17)21-11-3-1-8(2-4-11)10-5-9-6-12(19)20-13(9)18-7-10/h1-5,7H,6H2. The van der Waals surface area contributed by atoms with Crippen LogP contribution in [0.15, 0.2) is 36.5 Å². The highest BCUT2D eigenvalue weighted by atomic mass is 19.4. The number of hydrogen-bond donors (Lipinski definition) is 0. The Morgan fingerprint density at radius 3 is 2.52 bits per heavy atom. The lowest BCUT2D eigenvalue weighted by atomic mass is 10.1. The molecule has 1 aliphatic rings. The molecular formula is C14H8F3NO3. The van der Waals surface area contributed by atoms with Gasteiger partial charge < -0.3 is 9.47 Å². The zero-order valence-electron chi connectivity index (χ0n) is 10.5. The summed E-state index contributed by atoms with van der Waals surface area (Å²) in [5.74, 6) is -0.386. The lowest BCUT2D eigenvalue weighted by Gasteiger charge is -2.09. The Balaban J connectivity index is 1.85. The zero-order valence-corrected chi connectivity index (χ0v) is 10.5. The molecule has 21 heavy (non-hydrogen) atoms. The maximum atomic E-state index is 12.1. The van der Waals surface area contributed by atoms with Crippen molar-refractivity contribution in [1.29, 1.82) is 0 Å². The lowest BCUT2D eigenvalue weighted by Crippen LogP contribution is -2.16. The summed E-state index contributed by atoms with van der Waals surface area (Å²) in [7, 11) is 0. The smallest absolute Gasteiger partial charge is 0.407 e. The third kappa shape index (κ3) is 2.96. The number of aromatic nitrogens is 1. The van der Waals surface area contributed by atoms with E-state index in [0.29, 0.717) is 16.7 Å². The van der Waals surface area contributed by atoms with Gasteiger partial charge in [-0.1, -0.05) is 12.1 Å². The normalized spacial score (nSPS) is 13.8. The topological polar surface area (TPSA) is 48.4 Å². The number of esters is 1. The van der Waals surface area contributed by atoms with Gasteiger partial charge in [-0.2, -0.15) is 0 Å². The van der Waals surface area contributed by atoms with E-state index in [1.165, 1.54) is 30.5 Å². The minimum atomic E-state index is -4.71. The Kier molecular flexibility index (Phi) is 3.04. The Labute approximate surface area is 117 Å². The van der Waals surface area contributed by atoms with Gasteiger partial charge in [-0.15, -0.1) is 13.2 Å². The van der Waals surface area contributed by atoms with Crippen molar-refractivity contribution in [2.75, 3.05) is 0 Å². The van der Waals surface area contributed by atoms with Crippen LogP contribution in [-0.2, 0) is 11.2 Å². The van der Waals surface area contributed by atoms with Crippen LogP contribution in [0.3, 0.4) is 0 Å². The number of alkyl halides is 3. The molecule has 108 valence electrons. The number of halogens is 3. The molecule has 0 N–H and O–H groups in total. The molecule has 1 aromatic heterocycles. The third-order valence-corrected chi connectivity index (χ3v) is 2.89. The van der Waals surface area contributed by atoms with Crippen LogP contribution in [0.25, 0.3) is 11.1 Å². The second-order valence-corrected chi connectivity index (χ2v) is 4.41. The van der Waals surface area contributed by atoms with E-state index >= 15 is 0 Å². The largest absolute Gasteiger partial charge is 0.573 e. The lowest BCUT2D eigenvalue weighted by molar-refractivity contribution is -0.274. The van der Waals surface area contributed by atoms with Gasteiger partial charge in [0.2, 0.25) is 5.88 Å². The molecule has 3 rings (SSSR count). The van der Waals surface area contributed by atoms with E-state index < -0.39 is 6.36 Å². The SMILES string of the molecule is O=C1Cc2cc(-c3ccc(OC(F)(F)F)cc3)cnc2O1. The minimum Gasteiger partial charge on any atom is -0.407 e. The number of pyridine rings is 1. The summed E-state index contributed by atoms with van der Waals surface area (Å²) >= 11 is 0. The molecule has 0 atom stereocenters. The van der Waals surface area contributed by atoms with Gasteiger partial charge in [0.25, 0.3) is 0 Å². The molecule has 0 saturated heterocycles. The van der Waals surface area contributed by atoms with Crippen molar-refractivity contribution in [2.45, 2.75) is 12.8 Å². The fourth-order valence-corrected chi connectivity index (χ4v) is 2.02. The van der Waals surface area contributed by atoms with Crippen molar-refractivity contribution < 1.29 is 27.4 Å². The van der Waals surface area contributed by atoms with E-state index in [2.05, 4.69) is 9.72 Å². The van der Waals surface area contributed by atoms with Crippen molar-refractivity contribution in [1.82, 2.24) is 4.98 Å². The Morgan fingerprint density at radius 2 is 1.86 bits per heavy atom.